The topological polar surface area (TPSA) is 63.3 Å². The van der Waals surface area contributed by atoms with Gasteiger partial charge in [0.2, 0.25) is 0 Å². The van der Waals surface area contributed by atoms with Gasteiger partial charge in [0.1, 0.15) is 5.52 Å². The summed E-state index contributed by atoms with van der Waals surface area (Å²) in [6.07, 6.45) is 3.31. The third kappa shape index (κ3) is 2.28. The largest absolute Gasteiger partial charge is 0.478 e. The number of rotatable bonds is 3. The molecule has 0 aliphatic carbocycles. The molecule has 1 aromatic carbocycles. The number of aryl methyl sites for hydroxylation is 1. The number of carboxylic acids is 1. The van der Waals surface area contributed by atoms with Crippen LogP contribution >= 0.6 is 0 Å². The predicted molar refractivity (Wildman–Crippen MR) is 59.2 cm³/mol. The number of aromatic nitrogens is 1. The van der Waals surface area contributed by atoms with Crippen LogP contribution in [0, 0.1) is 6.92 Å². The first kappa shape index (κ1) is 10.4. The number of benzene rings is 1. The minimum atomic E-state index is -0.934. The van der Waals surface area contributed by atoms with Crippen LogP contribution in [0.1, 0.15) is 11.5 Å². The summed E-state index contributed by atoms with van der Waals surface area (Å²) in [5.41, 5.74) is 2.56. The summed E-state index contributed by atoms with van der Waals surface area (Å²) in [5.74, 6) is -0.301. The molecule has 4 heteroatoms. The maximum absolute atomic E-state index is 10.3. The molecule has 0 aliphatic rings. The minimum Gasteiger partial charge on any atom is -0.478 e. The van der Waals surface area contributed by atoms with Crippen LogP contribution in [0.3, 0.4) is 0 Å². The molecule has 2 rings (SSSR count). The Kier molecular flexibility index (Phi) is 2.72. The molecule has 4 nitrogen and oxygen atoms in total. The lowest BCUT2D eigenvalue weighted by Crippen LogP contribution is -1.87. The average Bonchev–Trinajstić information content (AvgIpc) is 2.56. The van der Waals surface area contributed by atoms with Crippen LogP contribution in [-0.2, 0) is 11.2 Å². The summed E-state index contributed by atoms with van der Waals surface area (Å²) in [5, 5.41) is 8.45. The molecule has 0 radical (unpaired) electrons. The van der Waals surface area contributed by atoms with Crippen molar-refractivity contribution >= 4 is 17.1 Å². The fourth-order valence-corrected chi connectivity index (χ4v) is 1.51. The molecule has 82 valence electrons. The van der Waals surface area contributed by atoms with E-state index in [0.29, 0.717) is 12.3 Å². The van der Waals surface area contributed by atoms with Gasteiger partial charge in [0.25, 0.3) is 0 Å². The van der Waals surface area contributed by atoms with Crippen molar-refractivity contribution in [3.63, 3.8) is 0 Å². The Balaban J connectivity index is 2.22. The molecule has 0 saturated carbocycles. The van der Waals surface area contributed by atoms with E-state index in [4.69, 9.17) is 9.52 Å². The zero-order valence-corrected chi connectivity index (χ0v) is 8.80. The van der Waals surface area contributed by atoms with Gasteiger partial charge in [-0.15, -0.1) is 0 Å². The molecular weight excluding hydrogens is 206 g/mol. The number of carboxylic acid groups (broad SMARTS) is 1. The third-order valence-electron chi connectivity index (χ3n) is 2.17. The van der Waals surface area contributed by atoms with E-state index in [-0.39, 0.29) is 0 Å². The van der Waals surface area contributed by atoms with Gasteiger partial charge in [-0.25, -0.2) is 9.78 Å². The molecule has 0 spiro atoms. The SMILES string of the molecule is Cc1nc2ccc(C/C=C/C(=O)O)cc2o1. The Hall–Kier alpha value is -2.10. The van der Waals surface area contributed by atoms with Gasteiger partial charge in [0.05, 0.1) is 0 Å². The Morgan fingerprint density at radius 2 is 2.38 bits per heavy atom. The number of carbonyl (C=O) groups is 1. The van der Waals surface area contributed by atoms with Gasteiger partial charge >= 0.3 is 5.97 Å². The summed E-state index contributed by atoms with van der Waals surface area (Å²) in [6.45, 7) is 1.80. The highest BCUT2D eigenvalue weighted by atomic mass is 16.4. The number of hydrogen-bond donors (Lipinski definition) is 1. The van der Waals surface area contributed by atoms with E-state index in [1.165, 1.54) is 0 Å². The molecule has 1 aromatic heterocycles. The van der Waals surface area contributed by atoms with E-state index in [2.05, 4.69) is 4.98 Å². The highest BCUT2D eigenvalue weighted by Crippen LogP contribution is 2.17. The first-order valence-corrected chi connectivity index (χ1v) is 4.91. The lowest BCUT2D eigenvalue weighted by Gasteiger charge is -1.94. The van der Waals surface area contributed by atoms with Gasteiger partial charge in [0, 0.05) is 13.0 Å². The lowest BCUT2D eigenvalue weighted by molar-refractivity contribution is -0.131. The molecule has 0 aliphatic heterocycles. The summed E-state index contributed by atoms with van der Waals surface area (Å²) < 4.78 is 5.38. The van der Waals surface area contributed by atoms with Crippen molar-refractivity contribution in [1.82, 2.24) is 4.98 Å². The first-order valence-electron chi connectivity index (χ1n) is 4.91. The van der Waals surface area contributed by atoms with Crippen LogP contribution in [0.5, 0.6) is 0 Å². The fraction of sp³-hybridized carbons (Fsp3) is 0.167. The number of oxazole rings is 1. The Morgan fingerprint density at radius 3 is 3.12 bits per heavy atom. The number of fused-ring (bicyclic) bond motifs is 1. The van der Waals surface area contributed by atoms with Gasteiger partial charge in [-0.3, -0.25) is 0 Å². The van der Waals surface area contributed by atoms with Crippen LogP contribution in [-0.4, -0.2) is 16.1 Å². The minimum absolute atomic E-state index is 0.571. The smallest absolute Gasteiger partial charge is 0.327 e. The predicted octanol–water partition coefficient (Wildman–Crippen LogP) is 2.32. The molecular formula is C12H11NO3. The van der Waals surface area contributed by atoms with Crippen molar-refractivity contribution in [3.05, 3.63) is 41.8 Å². The van der Waals surface area contributed by atoms with E-state index in [0.717, 1.165) is 22.7 Å². The lowest BCUT2D eigenvalue weighted by atomic mass is 10.1. The summed E-state index contributed by atoms with van der Waals surface area (Å²) in [6, 6.07) is 5.66. The molecule has 1 heterocycles. The average molecular weight is 217 g/mol. The van der Waals surface area contributed by atoms with Gasteiger partial charge < -0.3 is 9.52 Å². The third-order valence-corrected chi connectivity index (χ3v) is 2.17. The van der Waals surface area contributed by atoms with E-state index in [1.54, 1.807) is 13.0 Å². The Bertz CT molecular complexity index is 554. The zero-order chi connectivity index (χ0) is 11.5. The van der Waals surface area contributed by atoms with Crippen LogP contribution in [0.4, 0.5) is 0 Å². The van der Waals surface area contributed by atoms with Crippen LogP contribution < -0.4 is 0 Å². The van der Waals surface area contributed by atoms with Crippen molar-refractivity contribution in [2.24, 2.45) is 0 Å². The molecule has 2 aromatic rings. The number of allylic oxidation sites excluding steroid dienone is 1. The Morgan fingerprint density at radius 1 is 1.56 bits per heavy atom. The van der Waals surface area contributed by atoms with Crippen LogP contribution in [0.2, 0.25) is 0 Å². The van der Waals surface area contributed by atoms with Gasteiger partial charge in [-0.2, -0.15) is 0 Å². The Labute approximate surface area is 92.2 Å². The molecule has 0 amide bonds. The van der Waals surface area contributed by atoms with Crippen molar-refractivity contribution in [2.75, 3.05) is 0 Å². The van der Waals surface area contributed by atoms with E-state index in [1.807, 2.05) is 18.2 Å². The van der Waals surface area contributed by atoms with Crippen molar-refractivity contribution in [2.45, 2.75) is 13.3 Å². The quantitative estimate of drug-likeness (QED) is 0.801. The zero-order valence-electron chi connectivity index (χ0n) is 8.80. The molecule has 0 fully saturated rings. The second kappa shape index (κ2) is 4.18. The van der Waals surface area contributed by atoms with Gasteiger partial charge in [0.15, 0.2) is 11.5 Å². The highest BCUT2D eigenvalue weighted by molar-refractivity contribution is 5.79. The number of hydrogen-bond acceptors (Lipinski definition) is 3. The molecule has 0 atom stereocenters. The maximum Gasteiger partial charge on any atom is 0.327 e. The fourth-order valence-electron chi connectivity index (χ4n) is 1.51. The normalized spacial score (nSPS) is 11.3. The number of nitrogens with zero attached hydrogens (tertiary/aromatic N) is 1. The highest BCUT2D eigenvalue weighted by Gasteiger charge is 2.02. The van der Waals surface area contributed by atoms with E-state index >= 15 is 0 Å². The van der Waals surface area contributed by atoms with Crippen molar-refractivity contribution < 1.29 is 14.3 Å². The van der Waals surface area contributed by atoms with E-state index in [9.17, 15) is 4.79 Å². The van der Waals surface area contributed by atoms with Gasteiger partial charge in [-0.05, 0) is 24.1 Å². The number of aliphatic carboxylic acids is 1. The van der Waals surface area contributed by atoms with Crippen molar-refractivity contribution in [1.29, 1.82) is 0 Å². The molecule has 0 bridgehead atoms. The standard InChI is InChI=1S/C12H11NO3/c1-8-13-10-6-5-9(7-11(10)16-8)3-2-4-12(14)15/h2,4-7H,3H2,1H3,(H,14,15)/b4-2+. The summed E-state index contributed by atoms with van der Waals surface area (Å²) in [4.78, 5) is 14.5. The summed E-state index contributed by atoms with van der Waals surface area (Å²) >= 11 is 0. The molecule has 0 saturated heterocycles. The van der Waals surface area contributed by atoms with Gasteiger partial charge in [-0.1, -0.05) is 12.1 Å². The second-order valence-corrected chi connectivity index (χ2v) is 3.48. The van der Waals surface area contributed by atoms with Crippen LogP contribution in [0.15, 0.2) is 34.8 Å². The van der Waals surface area contributed by atoms with Crippen molar-refractivity contribution in [3.8, 4) is 0 Å². The van der Waals surface area contributed by atoms with E-state index < -0.39 is 5.97 Å². The molecule has 0 unspecified atom stereocenters. The summed E-state index contributed by atoms with van der Waals surface area (Å²) in [7, 11) is 0. The first-order chi connectivity index (χ1) is 7.65. The molecule has 1 N–H and O–H groups in total. The van der Waals surface area contributed by atoms with Crippen LogP contribution in [0.25, 0.3) is 11.1 Å². The second-order valence-electron chi connectivity index (χ2n) is 3.48. The molecule has 16 heavy (non-hydrogen) atoms. The maximum atomic E-state index is 10.3. The monoisotopic (exact) mass is 217 g/mol.